The van der Waals surface area contributed by atoms with Crippen LogP contribution in [-0.2, 0) is 6.42 Å². The average Bonchev–Trinajstić information content (AvgIpc) is 2.90. The van der Waals surface area contributed by atoms with Gasteiger partial charge >= 0.3 is 0 Å². The Labute approximate surface area is 145 Å². The van der Waals surface area contributed by atoms with Gasteiger partial charge in [0.15, 0.2) is 0 Å². The zero-order valence-corrected chi connectivity index (χ0v) is 14.8. The van der Waals surface area contributed by atoms with Crippen molar-refractivity contribution in [3.05, 3.63) is 61.6 Å². The monoisotopic (exact) mass is 457 g/mol. The molecule has 2 aromatic carbocycles. The second kappa shape index (κ2) is 6.36. The predicted octanol–water partition coefficient (Wildman–Crippen LogP) is 3.79. The number of halogens is 2. The topological polar surface area (TPSA) is 38.3 Å². The fourth-order valence-corrected chi connectivity index (χ4v) is 3.26. The molecule has 3 nitrogen and oxygen atoms in total. The van der Waals surface area contributed by atoms with Gasteiger partial charge in [-0.05, 0) is 68.3 Å². The highest BCUT2D eigenvalue weighted by molar-refractivity contribution is 14.1. The number of amides is 1. The van der Waals surface area contributed by atoms with E-state index in [4.69, 9.17) is 4.74 Å². The summed E-state index contributed by atoms with van der Waals surface area (Å²) in [6.45, 7) is 0.505. The molecule has 1 aliphatic heterocycles. The minimum absolute atomic E-state index is 0.00732. The van der Waals surface area contributed by atoms with Crippen molar-refractivity contribution in [1.29, 1.82) is 0 Å². The maximum Gasteiger partial charge on any atom is 0.252 e. The van der Waals surface area contributed by atoms with Crippen molar-refractivity contribution in [3.8, 4) is 5.75 Å². The van der Waals surface area contributed by atoms with Gasteiger partial charge in [-0.2, -0.15) is 0 Å². The van der Waals surface area contributed by atoms with Crippen molar-refractivity contribution >= 4 is 44.4 Å². The molecule has 0 aliphatic carbocycles. The summed E-state index contributed by atoms with van der Waals surface area (Å²) in [7, 11) is 0. The van der Waals surface area contributed by atoms with Gasteiger partial charge in [0.2, 0.25) is 0 Å². The van der Waals surface area contributed by atoms with Crippen LogP contribution in [0.3, 0.4) is 0 Å². The third-order valence-electron chi connectivity index (χ3n) is 3.38. The number of hydrogen-bond donors (Lipinski definition) is 1. The lowest BCUT2D eigenvalue weighted by Gasteiger charge is -2.12. The Balaban J connectivity index is 1.61. The van der Waals surface area contributed by atoms with Crippen molar-refractivity contribution < 1.29 is 9.53 Å². The van der Waals surface area contributed by atoms with Crippen LogP contribution in [0.2, 0.25) is 0 Å². The van der Waals surface area contributed by atoms with E-state index < -0.39 is 0 Å². The summed E-state index contributed by atoms with van der Waals surface area (Å²) in [5.41, 5.74) is 1.85. The summed E-state index contributed by atoms with van der Waals surface area (Å²) in [6, 6.07) is 13.7. The number of carbonyl (C=O) groups excluding carboxylic acids is 1. The highest BCUT2D eigenvalue weighted by atomic mass is 127. The summed E-state index contributed by atoms with van der Waals surface area (Å²) in [5, 5.41) is 2.95. The molecule has 0 aromatic heterocycles. The van der Waals surface area contributed by atoms with Crippen molar-refractivity contribution in [3.63, 3.8) is 0 Å². The largest absolute Gasteiger partial charge is 0.488 e. The second-order valence-corrected chi connectivity index (χ2v) is 6.99. The number of para-hydroxylation sites is 1. The Bertz CT molecular complexity index is 665. The van der Waals surface area contributed by atoms with E-state index in [0.29, 0.717) is 12.1 Å². The standard InChI is InChI=1S/C16H13BrINO2/c17-14-6-5-11(18)8-13(14)16(20)19-9-12-7-10-3-1-2-4-15(10)21-12/h1-6,8,12H,7,9H2,(H,19,20). The molecular formula is C16H13BrINO2. The molecule has 0 saturated heterocycles. The number of fused-ring (bicyclic) bond motifs is 1. The lowest BCUT2D eigenvalue weighted by molar-refractivity contribution is 0.0932. The van der Waals surface area contributed by atoms with Crippen molar-refractivity contribution in [2.45, 2.75) is 12.5 Å². The minimum Gasteiger partial charge on any atom is -0.488 e. The Morgan fingerprint density at radius 1 is 1.33 bits per heavy atom. The molecule has 21 heavy (non-hydrogen) atoms. The molecule has 5 heteroatoms. The van der Waals surface area contributed by atoms with E-state index in [1.54, 1.807) is 0 Å². The van der Waals surface area contributed by atoms with E-state index in [1.165, 1.54) is 5.56 Å². The Kier molecular flexibility index (Phi) is 4.49. The number of rotatable bonds is 3. The molecule has 1 unspecified atom stereocenters. The first-order valence-electron chi connectivity index (χ1n) is 6.61. The third kappa shape index (κ3) is 3.40. The first kappa shape index (κ1) is 14.8. The van der Waals surface area contributed by atoms with Gasteiger partial charge in [-0.15, -0.1) is 0 Å². The van der Waals surface area contributed by atoms with E-state index in [2.05, 4.69) is 49.9 Å². The third-order valence-corrected chi connectivity index (χ3v) is 4.74. The van der Waals surface area contributed by atoms with Gasteiger partial charge in [0, 0.05) is 14.5 Å². The molecule has 1 amide bonds. The molecule has 0 saturated carbocycles. The van der Waals surface area contributed by atoms with Crippen molar-refractivity contribution in [2.75, 3.05) is 6.54 Å². The molecule has 2 aromatic rings. The quantitative estimate of drug-likeness (QED) is 0.712. The van der Waals surface area contributed by atoms with Gasteiger partial charge in [-0.1, -0.05) is 18.2 Å². The van der Waals surface area contributed by atoms with E-state index >= 15 is 0 Å². The van der Waals surface area contributed by atoms with E-state index in [-0.39, 0.29) is 12.0 Å². The van der Waals surface area contributed by atoms with Crippen LogP contribution in [0.4, 0.5) is 0 Å². The second-order valence-electron chi connectivity index (χ2n) is 4.89. The van der Waals surface area contributed by atoms with Crippen molar-refractivity contribution in [1.82, 2.24) is 5.32 Å². The zero-order chi connectivity index (χ0) is 14.8. The summed E-state index contributed by atoms with van der Waals surface area (Å²) in [4.78, 5) is 12.2. The lowest BCUT2D eigenvalue weighted by Crippen LogP contribution is -2.34. The molecule has 108 valence electrons. The first-order valence-corrected chi connectivity index (χ1v) is 8.48. The smallest absolute Gasteiger partial charge is 0.252 e. The molecule has 0 fully saturated rings. The highest BCUT2D eigenvalue weighted by Gasteiger charge is 2.23. The maximum absolute atomic E-state index is 12.2. The molecule has 1 heterocycles. The summed E-state index contributed by atoms with van der Waals surface area (Å²) in [6.07, 6.45) is 0.845. The van der Waals surface area contributed by atoms with Gasteiger partial charge < -0.3 is 10.1 Å². The van der Waals surface area contributed by atoms with Crippen LogP contribution in [0.1, 0.15) is 15.9 Å². The number of benzene rings is 2. The summed E-state index contributed by atoms with van der Waals surface area (Å²) in [5.74, 6) is 0.840. The van der Waals surface area contributed by atoms with Crippen LogP contribution < -0.4 is 10.1 Å². The number of hydrogen-bond acceptors (Lipinski definition) is 2. The van der Waals surface area contributed by atoms with Crippen LogP contribution in [0.25, 0.3) is 0 Å². The van der Waals surface area contributed by atoms with E-state index in [1.807, 2.05) is 36.4 Å². The molecular weight excluding hydrogens is 445 g/mol. The van der Waals surface area contributed by atoms with E-state index in [0.717, 1.165) is 20.2 Å². The van der Waals surface area contributed by atoms with Gasteiger partial charge in [0.25, 0.3) is 5.91 Å². The van der Waals surface area contributed by atoms with Gasteiger partial charge in [0.05, 0.1) is 12.1 Å². The summed E-state index contributed by atoms with van der Waals surface area (Å²) >= 11 is 5.61. The Morgan fingerprint density at radius 2 is 2.14 bits per heavy atom. The molecule has 0 spiro atoms. The van der Waals surface area contributed by atoms with Crippen LogP contribution >= 0.6 is 38.5 Å². The van der Waals surface area contributed by atoms with Crippen LogP contribution in [0, 0.1) is 3.57 Å². The molecule has 1 aliphatic rings. The minimum atomic E-state index is -0.0834. The molecule has 3 rings (SSSR count). The van der Waals surface area contributed by atoms with Crippen molar-refractivity contribution in [2.24, 2.45) is 0 Å². The van der Waals surface area contributed by atoms with Crippen LogP contribution in [0.5, 0.6) is 5.75 Å². The normalized spacial score (nSPS) is 16.2. The van der Waals surface area contributed by atoms with E-state index in [9.17, 15) is 4.79 Å². The van der Waals surface area contributed by atoms with Gasteiger partial charge in [0.1, 0.15) is 11.9 Å². The van der Waals surface area contributed by atoms with Crippen LogP contribution in [-0.4, -0.2) is 18.6 Å². The molecule has 1 N–H and O–H groups in total. The fourth-order valence-electron chi connectivity index (χ4n) is 2.34. The number of ether oxygens (including phenoxy) is 1. The number of nitrogens with one attached hydrogen (secondary N) is 1. The highest BCUT2D eigenvalue weighted by Crippen LogP contribution is 2.27. The maximum atomic E-state index is 12.2. The Morgan fingerprint density at radius 3 is 2.95 bits per heavy atom. The lowest BCUT2D eigenvalue weighted by atomic mass is 10.1. The van der Waals surface area contributed by atoms with Crippen LogP contribution in [0.15, 0.2) is 46.9 Å². The fraction of sp³-hybridized carbons (Fsp3) is 0.188. The summed E-state index contributed by atoms with van der Waals surface area (Å²) < 4.78 is 7.65. The van der Waals surface area contributed by atoms with Gasteiger partial charge in [-0.25, -0.2) is 0 Å². The SMILES string of the molecule is O=C(NCC1Cc2ccccc2O1)c1cc(I)ccc1Br. The number of carbonyl (C=O) groups is 1. The molecule has 1 atom stereocenters. The Hall–Kier alpha value is -1.08. The average molecular weight is 458 g/mol. The zero-order valence-electron chi connectivity index (χ0n) is 11.1. The first-order chi connectivity index (χ1) is 10.1. The predicted molar refractivity (Wildman–Crippen MR) is 93.8 cm³/mol. The van der Waals surface area contributed by atoms with Gasteiger partial charge in [-0.3, -0.25) is 4.79 Å². The molecule has 0 bridgehead atoms. The molecule has 0 radical (unpaired) electrons.